The van der Waals surface area contributed by atoms with E-state index in [0.717, 1.165) is 12.8 Å². The van der Waals surface area contributed by atoms with Crippen molar-refractivity contribution in [2.24, 2.45) is 0 Å². The number of amides is 1. The lowest BCUT2D eigenvalue weighted by Crippen LogP contribution is -2.16. The largest absolute Gasteiger partial charge is 0.488 e. The molecule has 0 unspecified atom stereocenters. The van der Waals surface area contributed by atoms with Crippen molar-refractivity contribution in [3.05, 3.63) is 53.3 Å². The number of hydrogen-bond donors (Lipinski definition) is 1. The molecule has 3 rings (SSSR count). The van der Waals surface area contributed by atoms with Crippen molar-refractivity contribution in [3.63, 3.8) is 0 Å². The first kappa shape index (κ1) is 14.9. The Morgan fingerprint density at radius 1 is 1.18 bits per heavy atom. The summed E-state index contributed by atoms with van der Waals surface area (Å²) in [6, 6.07) is 10.8. The van der Waals surface area contributed by atoms with Crippen molar-refractivity contribution < 1.29 is 9.53 Å². The Hall–Kier alpha value is -2.07. The molecule has 114 valence electrons. The summed E-state index contributed by atoms with van der Waals surface area (Å²) in [6.45, 7) is 0. The maximum Gasteiger partial charge on any atom is 0.258 e. The van der Waals surface area contributed by atoms with E-state index in [4.69, 9.17) is 16.3 Å². The molecule has 0 spiro atoms. The number of halogens is 1. The van der Waals surface area contributed by atoms with Crippen LogP contribution in [0.4, 0.5) is 5.69 Å². The van der Waals surface area contributed by atoms with Gasteiger partial charge in [0.05, 0.1) is 17.4 Å². The molecular weight excluding hydrogens is 300 g/mol. The summed E-state index contributed by atoms with van der Waals surface area (Å²) in [5.41, 5.74) is 0.999. The summed E-state index contributed by atoms with van der Waals surface area (Å²) >= 11 is 5.96. The highest BCUT2D eigenvalue weighted by Gasteiger charge is 2.19. The van der Waals surface area contributed by atoms with Gasteiger partial charge in [-0.15, -0.1) is 0 Å². The molecule has 4 nitrogen and oxygen atoms in total. The number of ether oxygens (including phenoxy) is 1. The van der Waals surface area contributed by atoms with E-state index in [1.807, 2.05) is 24.3 Å². The first-order chi connectivity index (χ1) is 10.7. The molecule has 0 aliphatic heterocycles. The fraction of sp³-hybridized carbons (Fsp3) is 0.294. The maximum absolute atomic E-state index is 12.3. The molecular formula is C17H17ClN2O2. The monoisotopic (exact) mass is 316 g/mol. The van der Waals surface area contributed by atoms with Gasteiger partial charge in [-0.3, -0.25) is 4.79 Å². The minimum atomic E-state index is -0.291. The summed E-state index contributed by atoms with van der Waals surface area (Å²) in [5.74, 6) is 0.406. The maximum atomic E-state index is 12.3. The van der Waals surface area contributed by atoms with Gasteiger partial charge in [-0.2, -0.15) is 0 Å². The van der Waals surface area contributed by atoms with Crippen LogP contribution < -0.4 is 10.1 Å². The zero-order valence-corrected chi connectivity index (χ0v) is 12.8. The Labute approximate surface area is 134 Å². The number of benzene rings is 1. The molecule has 1 aliphatic rings. The molecule has 1 N–H and O–H groups in total. The average Bonchev–Trinajstić information content (AvgIpc) is 3.02. The minimum absolute atomic E-state index is 0.189. The molecule has 1 amide bonds. The quantitative estimate of drug-likeness (QED) is 0.855. The average molecular weight is 317 g/mol. The van der Waals surface area contributed by atoms with Gasteiger partial charge in [0.15, 0.2) is 0 Å². The second-order valence-electron chi connectivity index (χ2n) is 5.32. The Morgan fingerprint density at radius 3 is 2.73 bits per heavy atom. The Kier molecular flexibility index (Phi) is 4.59. The zero-order valence-electron chi connectivity index (χ0n) is 12.1. The first-order valence-corrected chi connectivity index (χ1v) is 7.79. The van der Waals surface area contributed by atoms with Gasteiger partial charge in [-0.1, -0.05) is 23.7 Å². The fourth-order valence-corrected chi connectivity index (χ4v) is 2.81. The molecule has 0 saturated heterocycles. The highest BCUT2D eigenvalue weighted by Crippen LogP contribution is 2.30. The number of anilines is 1. The minimum Gasteiger partial charge on any atom is -0.488 e. The van der Waals surface area contributed by atoms with E-state index in [0.29, 0.717) is 17.0 Å². The molecule has 0 bridgehead atoms. The van der Waals surface area contributed by atoms with Gasteiger partial charge in [0.2, 0.25) is 0 Å². The van der Waals surface area contributed by atoms with Crippen molar-refractivity contribution in [1.29, 1.82) is 0 Å². The standard InChI is InChI=1S/C17H17ClN2O2/c18-16-13(8-5-11-19-16)17(21)20-14-9-3-4-10-15(14)22-12-6-1-2-7-12/h3-5,8-12H,1-2,6-7H2,(H,20,21). The molecule has 22 heavy (non-hydrogen) atoms. The molecule has 2 aromatic rings. The molecule has 5 heteroatoms. The summed E-state index contributed by atoms with van der Waals surface area (Å²) < 4.78 is 6.01. The fourth-order valence-electron chi connectivity index (χ4n) is 2.60. The van der Waals surface area contributed by atoms with Crippen LogP contribution in [0.15, 0.2) is 42.6 Å². The summed E-state index contributed by atoms with van der Waals surface area (Å²) in [4.78, 5) is 16.3. The number of nitrogens with zero attached hydrogens (tertiary/aromatic N) is 1. The normalized spacial score (nSPS) is 14.8. The van der Waals surface area contributed by atoms with Crippen LogP contribution in [0.1, 0.15) is 36.0 Å². The van der Waals surface area contributed by atoms with E-state index < -0.39 is 0 Å². The van der Waals surface area contributed by atoms with Crippen LogP contribution in [0.25, 0.3) is 0 Å². The van der Waals surface area contributed by atoms with Gasteiger partial charge < -0.3 is 10.1 Å². The topological polar surface area (TPSA) is 51.2 Å². The van der Waals surface area contributed by atoms with Crippen molar-refractivity contribution in [2.45, 2.75) is 31.8 Å². The van der Waals surface area contributed by atoms with E-state index in [9.17, 15) is 4.79 Å². The van der Waals surface area contributed by atoms with E-state index in [1.165, 1.54) is 12.8 Å². The van der Waals surface area contributed by atoms with E-state index in [1.54, 1.807) is 18.3 Å². The predicted molar refractivity (Wildman–Crippen MR) is 86.5 cm³/mol. The second-order valence-corrected chi connectivity index (χ2v) is 5.67. The van der Waals surface area contributed by atoms with Crippen LogP contribution in [0.3, 0.4) is 0 Å². The van der Waals surface area contributed by atoms with Gasteiger partial charge in [0.1, 0.15) is 10.9 Å². The Morgan fingerprint density at radius 2 is 1.95 bits per heavy atom. The number of rotatable bonds is 4. The molecule has 1 heterocycles. The lowest BCUT2D eigenvalue weighted by molar-refractivity contribution is 0.102. The van der Waals surface area contributed by atoms with Crippen LogP contribution in [-0.2, 0) is 0 Å². The molecule has 0 atom stereocenters. The van der Waals surface area contributed by atoms with Gasteiger partial charge in [0.25, 0.3) is 5.91 Å². The number of carbonyl (C=O) groups excluding carboxylic acids is 1. The van der Waals surface area contributed by atoms with Crippen molar-refractivity contribution in [2.75, 3.05) is 5.32 Å². The number of pyridine rings is 1. The van der Waals surface area contributed by atoms with Crippen molar-refractivity contribution >= 4 is 23.2 Å². The van der Waals surface area contributed by atoms with E-state index in [-0.39, 0.29) is 17.2 Å². The third-order valence-electron chi connectivity index (χ3n) is 3.73. The number of aromatic nitrogens is 1. The van der Waals surface area contributed by atoms with Crippen LogP contribution in [0.2, 0.25) is 5.15 Å². The molecule has 1 saturated carbocycles. The Bertz CT molecular complexity index is 669. The van der Waals surface area contributed by atoms with Crippen LogP contribution >= 0.6 is 11.6 Å². The van der Waals surface area contributed by atoms with E-state index >= 15 is 0 Å². The molecule has 1 aromatic carbocycles. The molecule has 1 fully saturated rings. The molecule has 0 radical (unpaired) electrons. The SMILES string of the molecule is O=C(Nc1ccccc1OC1CCCC1)c1cccnc1Cl. The number of para-hydroxylation sites is 2. The van der Waals surface area contributed by atoms with Crippen LogP contribution in [0.5, 0.6) is 5.75 Å². The van der Waals surface area contributed by atoms with Crippen LogP contribution in [-0.4, -0.2) is 17.0 Å². The van der Waals surface area contributed by atoms with Crippen LogP contribution in [0, 0.1) is 0 Å². The number of carbonyl (C=O) groups is 1. The lowest BCUT2D eigenvalue weighted by Gasteiger charge is -2.17. The first-order valence-electron chi connectivity index (χ1n) is 7.41. The van der Waals surface area contributed by atoms with Gasteiger partial charge in [0, 0.05) is 6.20 Å². The zero-order chi connectivity index (χ0) is 15.4. The lowest BCUT2D eigenvalue weighted by atomic mass is 10.2. The summed E-state index contributed by atoms with van der Waals surface area (Å²) in [6.07, 6.45) is 6.32. The summed E-state index contributed by atoms with van der Waals surface area (Å²) in [5, 5.41) is 3.04. The van der Waals surface area contributed by atoms with Gasteiger partial charge in [-0.05, 0) is 49.9 Å². The number of nitrogens with one attached hydrogen (secondary N) is 1. The van der Waals surface area contributed by atoms with Gasteiger partial charge in [-0.25, -0.2) is 4.98 Å². The number of hydrogen-bond acceptors (Lipinski definition) is 3. The van der Waals surface area contributed by atoms with Gasteiger partial charge >= 0.3 is 0 Å². The third kappa shape index (κ3) is 3.39. The highest BCUT2D eigenvalue weighted by molar-refractivity contribution is 6.33. The molecule has 1 aromatic heterocycles. The predicted octanol–water partition coefficient (Wildman–Crippen LogP) is 4.31. The van der Waals surface area contributed by atoms with Crippen molar-refractivity contribution in [1.82, 2.24) is 4.98 Å². The molecule has 1 aliphatic carbocycles. The third-order valence-corrected chi connectivity index (χ3v) is 4.04. The summed E-state index contributed by atoms with van der Waals surface area (Å²) in [7, 11) is 0. The van der Waals surface area contributed by atoms with Crippen molar-refractivity contribution in [3.8, 4) is 5.75 Å². The van der Waals surface area contributed by atoms with E-state index in [2.05, 4.69) is 10.3 Å². The highest BCUT2D eigenvalue weighted by atomic mass is 35.5. The Balaban J connectivity index is 1.77. The smallest absolute Gasteiger partial charge is 0.258 e. The second kappa shape index (κ2) is 6.79.